The third-order valence-electron chi connectivity index (χ3n) is 4.74. The Morgan fingerprint density at radius 3 is 2.32 bits per heavy atom. The predicted molar refractivity (Wildman–Crippen MR) is 125 cm³/mol. The van der Waals surface area contributed by atoms with Crippen molar-refractivity contribution in [2.24, 2.45) is 5.14 Å². The van der Waals surface area contributed by atoms with Gasteiger partial charge in [0.05, 0.1) is 16.9 Å². The van der Waals surface area contributed by atoms with Crippen LogP contribution in [-0.4, -0.2) is 25.0 Å². The lowest BCUT2D eigenvalue weighted by atomic mass is 10.0. The molecule has 4 rings (SSSR count). The number of nitrogens with one attached hydrogen (secondary N) is 1. The van der Waals surface area contributed by atoms with E-state index in [2.05, 4.69) is 22.2 Å². The Morgan fingerprint density at radius 2 is 1.71 bits per heavy atom. The lowest BCUT2D eigenvalue weighted by Gasteiger charge is -2.11. The van der Waals surface area contributed by atoms with Gasteiger partial charge in [0.15, 0.2) is 0 Å². The first-order chi connectivity index (χ1) is 14.8. The summed E-state index contributed by atoms with van der Waals surface area (Å²) in [5.41, 5.74) is 2.81. The van der Waals surface area contributed by atoms with Crippen LogP contribution in [0.25, 0.3) is 21.3 Å². The van der Waals surface area contributed by atoms with E-state index in [0.29, 0.717) is 23.9 Å². The molecule has 0 amide bonds. The number of fused-ring (bicyclic) bond motifs is 1. The van der Waals surface area contributed by atoms with Crippen LogP contribution in [0.4, 0.5) is 11.5 Å². The van der Waals surface area contributed by atoms with Crippen LogP contribution in [0.15, 0.2) is 53.4 Å². The quantitative estimate of drug-likeness (QED) is 0.435. The summed E-state index contributed by atoms with van der Waals surface area (Å²) in [4.78, 5) is 11.3. The second kappa shape index (κ2) is 8.26. The Hall–Kier alpha value is -3.01. The molecule has 0 bridgehead atoms. The summed E-state index contributed by atoms with van der Waals surface area (Å²) in [5.74, 6) is 2.14. The maximum absolute atomic E-state index is 11.5. The lowest BCUT2D eigenvalue weighted by molar-refractivity contribution is 0.340. The average molecular weight is 455 g/mol. The van der Waals surface area contributed by atoms with Crippen molar-refractivity contribution in [2.75, 3.05) is 11.9 Å². The highest BCUT2D eigenvalue weighted by molar-refractivity contribution is 7.89. The SMILES string of the molecule is CCOc1ccc(-c2c(C)sc3nc(C)nc(Nc4ccc(S(N)(=O)=O)cc4)c23)cc1. The van der Waals surface area contributed by atoms with Gasteiger partial charge in [0, 0.05) is 16.1 Å². The standard InChI is InChI=1S/C22H22N4O3S2/c1-4-29-17-9-5-15(6-10-17)19-13(2)30-22-20(19)21(24-14(3)25-22)26-16-7-11-18(12-8-16)31(23,27)28/h5-12H,4H2,1-3H3,(H2,23,27,28)(H,24,25,26). The zero-order valence-corrected chi connectivity index (χ0v) is 19.0. The lowest BCUT2D eigenvalue weighted by Crippen LogP contribution is -2.11. The average Bonchev–Trinajstić information content (AvgIpc) is 3.04. The zero-order valence-electron chi connectivity index (χ0n) is 17.3. The van der Waals surface area contributed by atoms with E-state index in [1.165, 1.54) is 12.1 Å². The van der Waals surface area contributed by atoms with Crippen LogP contribution in [0.3, 0.4) is 0 Å². The number of benzene rings is 2. The molecule has 0 unspecified atom stereocenters. The van der Waals surface area contributed by atoms with Gasteiger partial charge in [0.1, 0.15) is 22.2 Å². The van der Waals surface area contributed by atoms with Gasteiger partial charge in [-0.1, -0.05) is 12.1 Å². The number of rotatable bonds is 6. The first-order valence-corrected chi connectivity index (χ1v) is 12.0. The van der Waals surface area contributed by atoms with E-state index < -0.39 is 10.0 Å². The molecule has 160 valence electrons. The molecule has 0 aliphatic heterocycles. The van der Waals surface area contributed by atoms with Gasteiger partial charge in [0.2, 0.25) is 10.0 Å². The predicted octanol–water partition coefficient (Wildman–Crippen LogP) is 4.76. The fourth-order valence-corrected chi connectivity index (χ4v) is 5.01. The minimum Gasteiger partial charge on any atom is -0.494 e. The maximum Gasteiger partial charge on any atom is 0.238 e. The molecule has 0 saturated heterocycles. The zero-order chi connectivity index (χ0) is 22.2. The number of nitrogens with two attached hydrogens (primary N) is 1. The number of nitrogens with zero attached hydrogens (tertiary/aromatic N) is 2. The van der Waals surface area contributed by atoms with E-state index in [9.17, 15) is 8.42 Å². The molecule has 0 radical (unpaired) electrons. The number of hydrogen-bond acceptors (Lipinski definition) is 7. The summed E-state index contributed by atoms with van der Waals surface area (Å²) in [6.45, 7) is 6.49. The van der Waals surface area contributed by atoms with Crippen molar-refractivity contribution in [1.82, 2.24) is 9.97 Å². The van der Waals surface area contributed by atoms with Crippen LogP contribution in [0, 0.1) is 13.8 Å². The van der Waals surface area contributed by atoms with Crippen LogP contribution in [0.1, 0.15) is 17.6 Å². The molecule has 31 heavy (non-hydrogen) atoms. The minimum atomic E-state index is -3.74. The van der Waals surface area contributed by atoms with Crippen LogP contribution in [0.2, 0.25) is 0 Å². The van der Waals surface area contributed by atoms with E-state index in [1.54, 1.807) is 23.5 Å². The van der Waals surface area contributed by atoms with Gasteiger partial charge in [-0.2, -0.15) is 0 Å². The Labute approximate surface area is 185 Å². The van der Waals surface area contributed by atoms with Gasteiger partial charge in [0.25, 0.3) is 0 Å². The van der Waals surface area contributed by atoms with Crippen molar-refractivity contribution in [1.29, 1.82) is 0 Å². The first kappa shape index (κ1) is 21.2. The summed E-state index contributed by atoms with van der Waals surface area (Å²) in [6, 6.07) is 14.2. The summed E-state index contributed by atoms with van der Waals surface area (Å²) >= 11 is 1.61. The van der Waals surface area contributed by atoms with E-state index in [-0.39, 0.29) is 4.90 Å². The number of hydrogen-bond donors (Lipinski definition) is 2. The highest BCUT2D eigenvalue weighted by Gasteiger charge is 2.18. The number of aromatic nitrogens is 2. The third kappa shape index (κ3) is 4.39. The number of sulfonamides is 1. The second-order valence-corrected chi connectivity index (χ2v) is 9.75. The first-order valence-electron chi connectivity index (χ1n) is 9.67. The number of aryl methyl sites for hydroxylation is 2. The summed E-state index contributed by atoms with van der Waals surface area (Å²) in [6.07, 6.45) is 0. The second-order valence-electron chi connectivity index (χ2n) is 6.98. The van der Waals surface area contributed by atoms with Crippen molar-refractivity contribution >= 4 is 43.1 Å². The molecular formula is C22H22N4O3S2. The highest BCUT2D eigenvalue weighted by atomic mass is 32.2. The molecule has 3 N–H and O–H groups in total. The van der Waals surface area contributed by atoms with E-state index >= 15 is 0 Å². The third-order valence-corrected chi connectivity index (χ3v) is 6.67. The molecule has 7 nitrogen and oxygen atoms in total. The molecule has 9 heteroatoms. The van der Waals surface area contributed by atoms with Crippen molar-refractivity contribution in [3.63, 3.8) is 0 Å². The molecule has 0 aliphatic carbocycles. The van der Waals surface area contributed by atoms with Gasteiger partial charge in [-0.3, -0.25) is 0 Å². The van der Waals surface area contributed by atoms with Crippen molar-refractivity contribution in [3.05, 3.63) is 59.2 Å². The fraction of sp³-hybridized carbons (Fsp3) is 0.182. The molecule has 2 aromatic heterocycles. The molecule has 0 spiro atoms. The topological polar surface area (TPSA) is 107 Å². The van der Waals surface area contributed by atoms with Gasteiger partial charge in [-0.15, -0.1) is 11.3 Å². The minimum absolute atomic E-state index is 0.0588. The Morgan fingerprint density at radius 1 is 1.03 bits per heavy atom. The molecular weight excluding hydrogens is 432 g/mol. The normalized spacial score (nSPS) is 11.6. The molecule has 0 aliphatic rings. The highest BCUT2D eigenvalue weighted by Crippen LogP contribution is 2.41. The van der Waals surface area contributed by atoms with E-state index in [0.717, 1.165) is 32.0 Å². The van der Waals surface area contributed by atoms with Gasteiger partial charge >= 0.3 is 0 Å². The van der Waals surface area contributed by atoms with Gasteiger partial charge in [-0.25, -0.2) is 23.5 Å². The van der Waals surface area contributed by atoms with E-state index in [4.69, 9.17) is 9.88 Å². The molecule has 0 saturated carbocycles. The Balaban J connectivity index is 1.80. The Bertz CT molecular complexity index is 1350. The van der Waals surface area contributed by atoms with Gasteiger partial charge < -0.3 is 10.1 Å². The summed E-state index contributed by atoms with van der Waals surface area (Å²) < 4.78 is 28.6. The number of thiophene rings is 1. The molecule has 2 aromatic carbocycles. The van der Waals surface area contributed by atoms with Crippen LogP contribution < -0.4 is 15.2 Å². The number of primary sulfonamides is 1. The Kier molecular flexibility index (Phi) is 5.65. The number of anilines is 2. The van der Waals surface area contributed by atoms with E-state index in [1.807, 2.05) is 38.1 Å². The monoisotopic (exact) mass is 454 g/mol. The summed E-state index contributed by atoms with van der Waals surface area (Å²) in [5, 5.41) is 9.43. The molecule has 4 aromatic rings. The van der Waals surface area contributed by atoms with Crippen LogP contribution in [-0.2, 0) is 10.0 Å². The van der Waals surface area contributed by atoms with Crippen molar-refractivity contribution in [3.8, 4) is 16.9 Å². The number of ether oxygens (including phenoxy) is 1. The molecule has 2 heterocycles. The summed E-state index contributed by atoms with van der Waals surface area (Å²) in [7, 11) is -3.74. The molecule has 0 atom stereocenters. The smallest absolute Gasteiger partial charge is 0.238 e. The van der Waals surface area contributed by atoms with Gasteiger partial charge in [-0.05, 0) is 62.7 Å². The largest absolute Gasteiger partial charge is 0.494 e. The van der Waals surface area contributed by atoms with Crippen molar-refractivity contribution in [2.45, 2.75) is 25.7 Å². The fourth-order valence-electron chi connectivity index (χ4n) is 3.41. The van der Waals surface area contributed by atoms with Crippen LogP contribution in [0.5, 0.6) is 5.75 Å². The maximum atomic E-state index is 11.5. The van der Waals surface area contributed by atoms with Crippen LogP contribution >= 0.6 is 11.3 Å². The van der Waals surface area contributed by atoms with Crippen molar-refractivity contribution < 1.29 is 13.2 Å². The molecule has 0 fully saturated rings.